The highest BCUT2D eigenvalue weighted by Gasteiger charge is 2.40. The van der Waals surface area contributed by atoms with Crippen molar-refractivity contribution >= 4 is 22.8 Å². The molecule has 140 valence electrons. The minimum Gasteiger partial charge on any atom is -0.327 e. The van der Waals surface area contributed by atoms with Gasteiger partial charge >= 0.3 is 0 Å². The largest absolute Gasteiger partial charge is 0.327 e. The van der Waals surface area contributed by atoms with Crippen molar-refractivity contribution in [3.8, 4) is 0 Å². The summed E-state index contributed by atoms with van der Waals surface area (Å²) in [6.07, 6.45) is 2.80. The van der Waals surface area contributed by atoms with Crippen molar-refractivity contribution in [2.24, 2.45) is 13.0 Å². The maximum absolute atomic E-state index is 12.5. The van der Waals surface area contributed by atoms with Crippen molar-refractivity contribution in [3.05, 3.63) is 41.3 Å². The first-order valence-corrected chi connectivity index (χ1v) is 9.84. The quantitative estimate of drug-likeness (QED) is 0.767. The number of aromatic nitrogens is 4. The number of benzene rings is 1. The molecule has 1 aliphatic carbocycles. The normalized spacial score (nSPS) is 19.6. The highest BCUT2D eigenvalue weighted by atomic mass is 16.1. The minimum atomic E-state index is -0.0378. The molecular formula is C21H25N5O. The fraction of sp³-hybridized carbons (Fsp3) is 0.476. The average Bonchev–Trinajstić information content (AvgIpc) is 3.35. The highest BCUT2D eigenvalue weighted by molar-refractivity contribution is 5.94. The number of amides is 1. The summed E-state index contributed by atoms with van der Waals surface area (Å²) in [6.45, 7) is 5.33. The summed E-state index contributed by atoms with van der Waals surface area (Å²) < 4.78 is 4.15. The van der Waals surface area contributed by atoms with Gasteiger partial charge in [-0.25, -0.2) is 4.98 Å². The molecule has 6 nitrogen and oxygen atoms in total. The van der Waals surface area contributed by atoms with Gasteiger partial charge < -0.3 is 9.88 Å². The second-order valence-corrected chi connectivity index (χ2v) is 8.31. The van der Waals surface area contributed by atoms with E-state index in [4.69, 9.17) is 10.1 Å². The van der Waals surface area contributed by atoms with Crippen LogP contribution in [0.15, 0.2) is 24.3 Å². The number of nitrogens with one attached hydrogen (secondary N) is 1. The van der Waals surface area contributed by atoms with Crippen LogP contribution in [0.4, 0.5) is 5.82 Å². The molecule has 0 radical (unpaired) electrons. The first-order valence-electron chi connectivity index (χ1n) is 9.84. The summed E-state index contributed by atoms with van der Waals surface area (Å²) in [4.78, 5) is 17.5. The van der Waals surface area contributed by atoms with Gasteiger partial charge in [0.15, 0.2) is 0 Å². The van der Waals surface area contributed by atoms with Crippen LogP contribution in [0.1, 0.15) is 62.0 Å². The van der Waals surface area contributed by atoms with Crippen LogP contribution in [0.25, 0.3) is 11.0 Å². The van der Waals surface area contributed by atoms with Crippen LogP contribution in [-0.2, 0) is 18.4 Å². The molecular weight excluding hydrogens is 338 g/mol. The molecule has 1 saturated carbocycles. The van der Waals surface area contributed by atoms with Gasteiger partial charge in [-0.2, -0.15) is 5.10 Å². The zero-order chi connectivity index (χ0) is 18.7. The Kier molecular flexibility index (Phi) is 3.64. The lowest BCUT2D eigenvalue weighted by Crippen LogP contribution is -2.27. The van der Waals surface area contributed by atoms with Crippen molar-refractivity contribution in [1.82, 2.24) is 19.3 Å². The molecule has 2 aromatic heterocycles. The second kappa shape index (κ2) is 5.94. The number of imidazole rings is 1. The van der Waals surface area contributed by atoms with Gasteiger partial charge in [-0.05, 0) is 30.9 Å². The summed E-state index contributed by atoms with van der Waals surface area (Å²) >= 11 is 0. The molecule has 1 aromatic carbocycles. The Hall–Kier alpha value is -2.63. The molecule has 6 heteroatoms. The molecule has 2 aliphatic rings. The Bertz CT molecular complexity index is 1040. The van der Waals surface area contributed by atoms with Crippen molar-refractivity contribution < 1.29 is 4.79 Å². The van der Waals surface area contributed by atoms with Crippen molar-refractivity contribution in [2.45, 2.75) is 51.5 Å². The van der Waals surface area contributed by atoms with Crippen molar-refractivity contribution in [1.29, 1.82) is 0 Å². The van der Waals surface area contributed by atoms with Gasteiger partial charge in [-0.3, -0.25) is 9.48 Å². The Morgan fingerprint density at radius 2 is 2.04 bits per heavy atom. The van der Waals surface area contributed by atoms with E-state index in [0.717, 1.165) is 34.9 Å². The van der Waals surface area contributed by atoms with Crippen LogP contribution in [0, 0.1) is 5.92 Å². The molecule has 0 saturated heterocycles. The zero-order valence-corrected chi connectivity index (χ0v) is 16.1. The fourth-order valence-electron chi connectivity index (χ4n) is 4.32. The van der Waals surface area contributed by atoms with E-state index in [2.05, 4.69) is 41.9 Å². The maximum atomic E-state index is 12.5. The topological polar surface area (TPSA) is 64.7 Å². The van der Waals surface area contributed by atoms with Gasteiger partial charge in [-0.1, -0.05) is 26.0 Å². The Morgan fingerprint density at radius 1 is 1.26 bits per heavy atom. The average molecular weight is 363 g/mol. The number of carbonyl (C=O) groups excluding carboxylic acids is 1. The first kappa shape index (κ1) is 16.5. The monoisotopic (exact) mass is 363 g/mol. The number of nitrogens with zero attached hydrogens (tertiary/aromatic N) is 4. The summed E-state index contributed by atoms with van der Waals surface area (Å²) in [5, 5.41) is 7.82. The Labute approximate surface area is 158 Å². The SMILES string of the molecule is CC(C)Cn1c([C@@H]2CC(=O)Nc3c2c(C2CC2)nn3C)nc2ccccc21. The predicted molar refractivity (Wildman–Crippen MR) is 105 cm³/mol. The number of fused-ring (bicyclic) bond motifs is 2. The second-order valence-electron chi connectivity index (χ2n) is 8.31. The fourth-order valence-corrected chi connectivity index (χ4v) is 4.32. The molecule has 0 spiro atoms. The third kappa shape index (κ3) is 2.66. The van der Waals surface area contributed by atoms with Crippen LogP contribution >= 0.6 is 0 Å². The molecule has 3 aromatic rings. The van der Waals surface area contributed by atoms with Gasteiger partial charge in [0.25, 0.3) is 0 Å². The highest BCUT2D eigenvalue weighted by Crippen LogP contribution is 2.48. The lowest BCUT2D eigenvalue weighted by Gasteiger charge is -2.25. The number of hydrogen-bond acceptors (Lipinski definition) is 3. The maximum Gasteiger partial charge on any atom is 0.226 e. The summed E-state index contributed by atoms with van der Waals surface area (Å²) in [6, 6.07) is 8.27. The van der Waals surface area contributed by atoms with E-state index in [1.54, 1.807) is 0 Å². The van der Waals surface area contributed by atoms with Crippen LogP contribution in [-0.4, -0.2) is 25.2 Å². The van der Waals surface area contributed by atoms with Gasteiger partial charge in [-0.15, -0.1) is 0 Å². The molecule has 1 amide bonds. The minimum absolute atomic E-state index is 0.0378. The van der Waals surface area contributed by atoms with Crippen LogP contribution in [0.2, 0.25) is 0 Å². The molecule has 1 fully saturated rings. The number of para-hydroxylation sites is 2. The molecule has 1 N–H and O–H groups in total. The van der Waals surface area contributed by atoms with Crippen molar-refractivity contribution in [3.63, 3.8) is 0 Å². The molecule has 0 bridgehead atoms. The number of anilines is 1. The molecule has 1 atom stereocenters. The first-order chi connectivity index (χ1) is 13.0. The van der Waals surface area contributed by atoms with Gasteiger partial charge in [0, 0.05) is 31.5 Å². The summed E-state index contributed by atoms with van der Waals surface area (Å²) in [5.74, 6) is 2.87. The number of carbonyl (C=O) groups is 1. The van der Waals surface area contributed by atoms with Gasteiger partial charge in [0.2, 0.25) is 5.91 Å². The van der Waals surface area contributed by atoms with E-state index in [1.807, 2.05) is 17.8 Å². The number of hydrogen-bond donors (Lipinski definition) is 1. The Morgan fingerprint density at radius 3 is 2.78 bits per heavy atom. The Balaban J connectivity index is 1.73. The van der Waals surface area contributed by atoms with Gasteiger partial charge in [0.05, 0.1) is 22.6 Å². The summed E-state index contributed by atoms with van der Waals surface area (Å²) in [5.41, 5.74) is 4.48. The van der Waals surface area contributed by atoms with E-state index in [-0.39, 0.29) is 11.8 Å². The zero-order valence-electron chi connectivity index (χ0n) is 16.1. The van der Waals surface area contributed by atoms with Crippen LogP contribution in [0.3, 0.4) is 0 Å². The molecule has 3 heterocycles. The lowest BCUT2D eigenvalue weighted by atomic mass is 9.89. The van der Waals surface area contributed by atoms with Crippen molar-refractivity contribution in [2.75, 3.05) is 5.32 Å². The van der Waals surface area contributed by atoms with E-state index >= 15 is 0 Å². The molecule has 1 aliphatic heterocycles. The number of aryl methyl sites for hydroxylation is 1. The molecule has 5 rings (SSSR count). The smallest absolute Gasteiger partial charge is 0.226 e. The lowest BCUT2D eigenvalue weighted by molar-refractivity contribution is -0.116. The standard InChI is InChI=1S/C21H25N5O/c1-12(2)11-26-16-7-5-4-6-15(16)22-20(26)14-10-17(27)23-21-18(14)19(13-8-9-13)24-25(21)3/h4-7,12-14H,8-11H2,1-3H3,(H,23,27)/t14-/m1/s1. The van der Waals surface area contributed by atoms with E-state index in [0.29, 0.717) is 18.3 Å². The summed E-state index contributed by atoms with van der Waals surface area (Å²) in [7, 11) is 1.92. The number of rotatable bonds is 4. The van der Waals surface area contributed by atoms with E-state index < -0.39 is 0 Å². The van der Waals surface area contributed by atoms with E-state index in [9.17, 15) is 4.79 Å². The third-order valence-corrected chi connectivity index (χ3v) is 5.62. The molecule has 0 unspecified atom stereocenters. The van der Waals surface area contributed by atoms with Crippen LogP contribution < -0.4 is 5.32 Å². The predicted octanol–water partition coefficient (Wildman–Crippen LogP) is 3.78. The third-order valence-electron chi connectivity index (χ3n) is 5.62. The van der Waals surface area contributed by atoms with Crippen LogP contribution in [0.5, 0.6) is 0 Å². The van der Waals surface area contributed by atoms with Gasteiger partial charge in [0.1, 0.15) is 11.6 Å². The van der Waals surface area contributed by atoms with E-state index in [1.165, 1.54) is 18.4 Å². The molecule has 27 heavy (non-hydrogen) atoms.